The molecule has 0 radical (unpaired) electrons. The van der Waals surface area contributed by atoms with Crippen LogP contribution in [0, 0.1) is 6.92 Å². The van der Waals surface area contributed by atoms with E-state index in [-0.39, 0.29) is 5.91 Å². The zero-order valence-electron chi connectivity index (χ0n) is 11.1. The molecule has 2 aromatic rings. The molecular formula is C14H15ClN2OS. The maximum atomic E-state index is 12.2. The summed E-state index contributed by atoms with van der Waals surface area (Å²) < 4.78 is 0. The van der Waals surface area contributed by atoms with Gasteiger partial charge in [-0.15, -0.1) is 11.3 Å². The first-order chi connectivity index (χ1) is 9.02. The van der Waals surface area contributed by atoms with Crippen molar-refractivity contribution in [3.63, 3.8) is 0 Å². The van der Waals surface area contributed by atoms with Crippen molar-refractivity contribution in [2.75, 3.05) is 13.6 Å². The number of thiazole rings is 1. The summed E-state index contributed by atoms with van der Waals surface area (Å²) in [4.78, 5) is 19.0. The molecule has 100 valence electrons. The Balaban J connectivity index is 2.39. The summed E-state index contributed by atoms with van der Waals surface area (Å²) in [5.41, 5.74) is 1.71. The van der Waals surface area contributed by atoms with Gasteiger partial charge in [-0.05, 0) is 26.0 Å². The largest absolute Gasteiger partial charge is 0.341 e. The molecule has 0 atom stereocenters. The number of rotatable bonds is 3. The average Bonchev–Trinajstić information content (AvgIpc) is 2.79. The maximum Gasteiger partial charge on any atom is 0.265 e. The van der Waals surface area contributed by atoms with Crippen LogP contribution >= 0.6 is 22.9 Å². The first kappa shape index (κ1) is 14.0. The van der Waals surface area contributed by atoms with E-state index < -0.39 is 0 Å². The fourth-order valence-electron chi connectivity index (χ4n) is 1.66. The summed E-state index contributed by atoms with van der Waals surface area (Å²) in [6, 6.07) is 7.51. The second-order valence-electron chi connectivity index (χ2n) is 4.26. The number of aryl methyl sites for hydroxylation is 1. The van der Waals surface area contributed by atoms with Gasteiger partial charge < -0.3 is 4.90 Å². The normalized spacial score (nSPS) is 10.5. The monoisotopic (exact) mass is 294 g/mol. The number of amides is 1. The Morgan fingerprint density at radius 3 is 2.84 bits per heavy atom. The van der Waals surface area contributed by atoms with Gasteiger partial charge in [0.25, 0.3) is 5.91 Å². The molecule has 1 amide bonds. The Morgan fingerprint density at radius 2 is 2.21 bits per heavy atom. The molecule has 0 fully saturated rings. The smallest absolute Gasteiger partial charge is 0.265 e. The van der Waals surface area contributed by atoms with Gasteiger partial charge in [-0.1, -0.05) is 23.7 Å². The molecule has 19 heavy (non-hydrogen) atoms. The van der Waals surface area contributed by atoms with E-state index in [9.17, 15) is 4.79 Å². The van der Waals surface area contributed by atoms with Crippen LogP contribution in [-0.4, -0.2) is 29.4 Å². The zero-order valence-corrected chi connectivity index (χ0v) is 12.7. The Kier molecular flexibility index (Phi) is 4.22. The number of benzene rings is 1. The van der Waals surface area contributed by atoms with Gasteiger partial charge in [0.2, 0.25) is 0 Å². The lowest BCUT2D eigenvalue weighted by molar-refractivity contribution is 0.0806. The highest BCUT2D eigenvalue weighted by atomic mass is 35.5. The van der Waals surface area contributed by atoms with Crippen LogP contribution in [0.15, 0.2) is 24.3 Å². The van der Waals surface area contributed by atoms with E-state index in [1.165, 1.54) is 11.3 Å². The third-order valence-electron chi connectivity index (χ3n) is 2.88. The third-order valence-corrected chi connectivity index (χ3v) is 4.31. The SMILES string of the molecule is CCN(C)C(=O)c1sc(-c2cccc(Cl)c2)nc1C. The Bertz CT molecular complexity index is 609. The molecule has 0 saturated heterocycles. The highest BCUT2D eigenvalue weighted by molar-refractivity contribution is 7.17. The molecule has 0 N–H and O–H groups in total. The van der Waals surface area contributed by atoms with E-state index in [1.54, 1.807) is 11.9 Å². The van der Waals surface area contributed by atoms with Crippen molar-refractivity contribution >= 4 is 28.8 Å². The van der Waals surface area contributed by atoms with Crippen LogP contribution in [0.4, 0.5) is 0 Å². The lowest BCUT2D eigenvalue weighted by atomic mass is 10.2. The molecule has 3 nitrogen and oxygen atoms in total. The first-order valence-corrected chi connectivity index (χ1v) is 7.21. The van der Waals surface area contributed by atoms with Crippen molar-refractivity contribution in [3.05, 3.63) is 39.9 Å². The fourth-order valence-corrected chi connectivity index (χ4v) is 2.90. The van der Waals surface area contributed by atoms with Gasteiger partial charge >= 0.3 is 0 Å². The lowest BCUT2D eigenvalue weighted by Crippen LogP contribution is -2.25. The van der Waals surface area contributed by atoms with Crippen molar-refractivity contribution in [3.8, 4) is 10.6 Å². The third kappa shape index (κ3) is 2.96. The van der Waals surface area contributed by atoms with Crippen LogP contribution in [0.25, 0.3) is 10.6 Å². The van der Waals surface area contributed by atoms with E-state index in [1.807, 2.05) is 38.1 Å². The molecule has 1 aromatic heterocycles. The van der Waals surface area contributed by atoms with Gasteiger partial charge in [0, 0.05) is 24.2 Å². The summed E-state index contributed by atoms with van der Waals surface area (Å²) in [7, 11) is 1.79. The number of hydrogen-bond acceptors (Lipinski definition) is 3. The molecule has 0 aliphatic carbocycles. The van der Waals surface area contributed by atoms with E-state index in [2.05, 4.69) is 4.98 Å². The average molecular weight is 295 g/mol. The number of aromatic nitrogens is 1. The highest BCUT2D eigenvalue weighted by Crippen LogP contribution is 2.30. The van der Waals surface area contributed by atoms with Crippen molar-refractivity contribution in [1.82, 2.24) is 9.88 Å². The number of nitrogens with zero attached hydrogens (tertiary/aromatic N) is 2. The molecule has 2 rings (SSSR count). The quantitative estimate of drug-likeness (QED) is 0.861. The minimum Gasteiger partial charge on any atom is -0.341 e. The van der Waals surface area contributed by atoms with Crippen LogP contribution in [-0.2, 0) is 0 Å². The fraction of sp³-hybridized carbons (Fsp3) is 0.286. The predicted molar refractivity (Wildman–Crippen MR) is 79.9 cm³/mol. The van der Waals surface area contributed by atoms with Crippen molar-refractivity contribution in [2.45, 2.75) is 13.8 Å². The van der Waals surface area contributed by atoms with Gasteiger partial charge in [0.05, 0.1) is 5.69 Å². The molecule has 0 bridgehead atoms. The Labute approximate surface area is 121 Å². The lowest BCUT2D eigenvalue weighted by Gasteiger charge is -2.12. The van der Waals surface area contributed by atoms with Gasteiger partial charge in [-0.25, -0.2) is 4.98 Å². The number of carbonyl (C=O) groups is 1. The second kappa shape index (κ2) is 5.72. The highest BCUT2D eigenvalue weighted by Gasteiger charge is 2.18. The van der Waals surface area contributed by atoms with Crippen LogP contribution in [0.1, 0.15) is 22.3 Å². The molecule has 0 unspecified atom stereocenters. The summed E-state index contributed by atoms with van der Waals surface area (Å²) >= 11 is 7.39. The van der Waals surface area contributed by atoms with E-state index in [0.717, 1.165) is 16.3 Å². The molecule has 1 heterocycles. The van der Waals surface area contributed by atoms with Crippen LogP contribution < -0.4 is 0 Å². The summed E-state index contributed by atoms with van der Waals surface area (Å²) in [6.07, 6.45) is 0. The minimum atomic E-state index is 0.0192. The molecule has 0 aliphatic heterocycles. The van der Waals surface area contributed by atoms with E-state index in [4.69, 9.17) is 11.6 Å². The molecule has 5 heteroatoms. The number of carbonyl (C=O) groups excluding carboxylic acids is 1. The van der Waals surface area contributed by atoms with Crippen molar-refractivity contribution in [1.29, 1.82) is 0 Å². The summed E-state index contributed by atoms with van der Waals surface area (Å²) in [5, 5.41) is 1.50. The van der Waals surface area contributed by atoms with Crippen LogP contribution in [0.3, 0.4) is 0 Å². The molecule has 1 aromatic carbocycles. The van der Waals surface area contributed by atoms with Crippen molar-refractivity contribution < 1.29 is 4.79 Å². The van der Waals surface area contributed by atoms with Gasteiger partial charge in [-0.2, -0.15) is 0 Å². The minimum absolute atomic E-state index is 0.0192. The first-order valence-electron chi connectivity index (χ1n) is 6.01. The van der Waals surface area contributed by atoms with E-state index >= 15 is 0 Å². The Hall–Kier alpha value is -1.39. The van der Waals surface area contributed by atoms with Gasteiger partial charge in [0.15, 0.2) is 0 Å². The van der Waals surface area contributed by atoms with Crippen LogP contribution in [0.2, 0.25) is 5.02 Å². The zero-order chi connectivity index (χ0) is 14.0. The summed E-state index contributed by atoms with van der Waals surface area (Å²) in [5.74, 6) is 0.0192. The molecular weight excluding hydrogens is 280 g/mol. The Morgan fingerprint density at radius 1 is 1.47 bits per heavy atom. The predicted octanol–water partition coefficient (Wildman–Crippen LogP) is 3.86. The van der Waals surface area contributed by atoms with Gasteiger partial charge in [-0.3, -0.25) is 4.79 Å². The molecule has 0 aliphatic rings. The maximum absolute atomic E-state index is 12.2. The topological polar surface area (TPSA) is 33.2 Å². The second-order valence-corrected chi connectivity index (χ2v) is 5.70. The number of hydrogen-bond donors (Lipinski definition) is 0. The molecule has 0 spiro atoms. The molecule has 0 saturated carbocycles. The standard InChI is InChI=1S/C14H15ClN2OS/c1-4-17(3)14(18)12-9(2)16-13(19-12)10-6-5-7-11(15)8-10/h5-8H,4H2,1-3H3. The summed E-state index contributed by atoms with van der Waals surface area (Å²) in [6.45, 7) is 4.50. The van der Waals surface area contributed by atoms with E-state index in [0.29, 0.717) is 16.4 Å². The van der Waals surface area contributed by atoms with Crippen LogP contribution in [0.5, 0.6) is 0 Å². The van der Waals surface area contributed by atoms with Crippen molar-refractivity contribution in [2.24, 2.45) is 0 Å². The van der Waals surface area contributed by atoms with Gasteiger partial charge in [0.1, 0.15) is 9.88 Å². The number of halogens is 1.